The van der Waals surface area contributed by atoms with E-state index >= 15 is 0 Å². The molecule has 0 saturated carbocycles. The van der Waals surface area contributed by atoms with Crippen LogP contribution in [0.4, 0.5) is 15.9 Å². The van der Waals surface area contributed by atoms with E-state index in [-0.39, 0.29) is 29.5 Å². The van der Waals surface area contributed by atoms with Crippen molar-refractivity contribution in [1.29, 1.82) is 0 Å². The van der Waals surface area contributed by atoms with Crippen LogP contribution in [0.5, 0.6) is 0 Å². The van der Waals surface area contributed by atoms with Crippen molar-refractivity contribution in [3.63, 3.8) is 0 Å². The van der Waals surface area contributed by atoms with Crippen LogP contribution < -0.4 is 10.5 Å². The van der Waals surface area contributed by atoms with Crippen molar-refractivity contribution in [2.75, 3.05) is 18.0 Å². The minimum absolute atomic E-state index is 0.0970. The van der Waals surface area contributed by atoms with E-state index in [0.29, 0.717) is 23.4 Å². The third-order valence-corrected chi connectivity index (χ3v) is 8.01. The summed E-state index contributed by atoms with van der Waals surface area (Å²) < 4.78 is 15.4. The number of piperazine rings is 1. The first-order chi connectivity index (χ1) is 17.9. The van der Waals surface area contributed by atoms with Gasteiger partial charge in [0.1, 0.15) is 5.82 Å². The average Bonchev–Trinajstić information content (AvgIpc) is 3.46. The number of aryl methyl sites for hydroxylation is 1. The first-order valence-corrected chi connectivity index (χ1v) is 13.4. The van der Waals surface area contributed by atoms with Crippen LogP contribution in [0.3, 0.4) is 0 Å². The van der Waals surface area contributed by atoms with Gasteiger partial charge in [-0.3, -0.25) is 9.69 Å². The van der Waals surface area contributed by atoms with Crippen molar-refractivity contribution in [3.8, 4) is 0 Å². The van der Waals surface area contributed by atoms with Crippen molar-refractivity contribution in [3.05, 3.63) is 92.2 Å². The van der Waals surface area contributed by atoms with Gasteiger partial charge >= 0.3 is 0 Å². The monoisotopic (exact) mass is 516 g/mol. The van der Waals surface area contributed by atoms with Gasteiger partial charge in [0.15, 0.2) is 0 Å². The molecule has 0 spiro atoms. The highest BCUT2D eigenvalue weighted by Gasteiger charge is 2.39. The van der Waals surface area contributed by atoms with Crippen molar-refractivity contribution < 1.29 is 4.39 Å². The lowest BCUT2D eigenvalue weighted by Gasteiger charge is -2.49. The molecule has 190 valence electrons. The van der Waals surface area contributed by atoms with Gasteiger partial charge in [-0.2, -0.15) is 0 Å². The molecule has 3 aromatic heterocycles. The number of hydrogen-bond acceptors (Lipinski definition) is 6. The van der Waals surface area contributed by atoms with Gasteiger partial charge in [0.25, 0.3) is 11.4 Å². The number of halogens is 1. The molecule has 0 N–H and O–H groups in total. The lowest BCUT2D eigenvalue weighted by Crippen LogP contribution is -2.59. The Hall–Kier alpha value is -3.61. The zero-order valence-electron chi connectivity index (χ0n) is 21.1. The highest BCUT2D eigenvalue weighted by Crippen LogP contribution is 2.37. The summed E-state index contributed by atoms with van der Waals surface area (Å²) in [5, 5.41) is 2.07. The number of rotatable bonds is 6. The maximum absolute atomic E-state index is 13.8. The summed E-state index contributed by atoms with van der Waals surface area (Å²) in [6.07, 6.45) is 1.75. The molecule has 9 heteroatoms. The van der Waals surface area contributed by atoms with E-state index in [4.69, 9.17) is 6.57 Å². The Morgan fingerprint density at radius 1 is 1.14 bits per heavy atom. The molecule has 0 radical (unpaired) electrons. The topological polar surface area (TPSA) is 58.6 Å². The minimum Gasteiger partial charge on any atom is -0.362 e. The van der Waals surface area contributed by atoms with Crippen LogP contribution >= 0.6 is 11.3 Å². The summed E-state index contributed by atoms with van der Waals surface area (Å²) in [5.74, 6) is 0.0546. The maximum atomic E-state index is 13.8. The first-order valence-electron chi connectivity index (χ1n) is 12.5. The third kappa shape index (κ3) is 4.63. The Bertz CT molecular complexity index is 1490. The molecule has 4 aromatic rings. The molecule has 1 aromatic carbocycles. The molecule has 3 atom stereocenters. The minimum atomic E-state index is -0.257. The summed E-state index contributed by atoms with van der Waals surface area (Å²) in [5.41, 5.74) is 5.88. The molecule has 0 bridgehead atoms. The maximum Gasteiger partial charge on any atom is 0.270 e. The van der Waals surface area contributed by atoms with E-state index in [2.05, 4.69) is 43.8 Å². The normalized spacial score (nSPS) is 19.2. The molecule has 7 nitrogen and oxygen atoms in total. The lowest BCUT2D eigenvalue weighted by molar-refractivity contribution is 0.109. The fourth-order valence-electron chi connectivity index (χ4n) is 5.41. The van der Waals surface area contributed by atoms with E-state index in [1.54, 1.807) is 35.1 Å². The largest absolute Gasteiger partial charge is 0.362 e. The molecule has 0 aliphatic carbocycles. The zero-order valence-corrected chi connectivity index (χ0v) is 22.0. The summed E-state index contributed by atoms with van der Waals surface area (Å²) in [6, 6.07) is 12.0. The standard InChI is InChI=1S/C28H29FN6OS/c1-5-20-15-35(28(22-16-37-17-31-22)18-7-9-19(29)10-8-18)21(6-2)14-34(20)24-13-26(36)33(4)23-11-12-25(30-3)32-27(23)24/h7-13,16-17,20-21,28H,5-6,14-15H2,1-2,4H3/t20-,21+,28?/m0/s1. The number of anilines is 1. The molecule has 1 aliphatic rings. The van der Waals surface area contributed by atoms with E-state index in [0.717, 1.165) is 36.3 Å². The Kier molecular flexibility index (Phi) is 7.04. The van der Waals surface area contributed by atoms with Gasteiger partial charge in [-0.05, 0) is 42.7 Å². The number of aromatic nitrogens is 3. The van der Waals surface area contributed by atoms with Crippen LogP contribution in [-0.2, 0) is 7.05 Å². The highest BCUT2D eigenvalue weighted by atomic mass is 32.1. The number of nitrogens with zero attached hydrogens (tertiary/aromatic N) is 6. The van der Waals surface area contributed by atoms with Gasteiger partial charge in [-0.25, -0.2) is 9.37 Å². The summed E-state index contributed by atoms with van der Waals surface area (Å²) in [6.45, 7) is 13.2. The van der Waals surface area contributed by atoms with Gasteiger partial charge in [0, 0.05) is 43.7 Å². The van der Waals surface area contributed by atoms with Crippen LogP contribution in [0.2, 0.25) is 0 Å². The molecule has 1 fully saturated rings. The number of hydrogen-bond donors (Lipinski definition) is 0. The Morgan fingerprint density at radius 3 is 2.54 bits per heavy atom. The number of thiazole rings is 1. The van der Waals surface area contributed by atoms with Gasteiger partial charge in [0.05, 0.1) is 28.5 Å². The van der Waals surface area contributed by atoms with Crippen LogP contribution in [0.15, 0.2) is 58.1 Å². The molecule has 1 aliphatic heterocycles. The van der Waals surface area contributed by atoms with E-state index < -0.39 is 0 Å². The Morgan fingerprint density at radius 2 is 1.89 bits per heavy atom. The van der Waals surface area contributed by atoms with Crippen LogP contribution in [0.25, 0.3) is 15.9 Å². The zero-order chi connectivity index (χ0) is 26.1. The predicted octanol–water partition coefficient (Wildman–Crippen LogP) is 5.55. The molecule has 4 heterocycles. The highest BCUT2D eigenvalue weighted by molar-refractivity contribution is 7.07. The number of pyridine rings is 2. The van der Waals surface area contributed by atoms with Gasteiger partial charge in [-0.1, -0.05) is 32.6 Å². The molecule has 5 rings (SSSR count). The second-order valence-corrected chi connectivity index (χ2v) is 10.1. The lowest BCUT2D eigenvalue weighted by atomic mass is 9.94. The molecular weight excluding hydrogens is 487 g/mol. The second-order valence-electron chi connectivity index (χ2n) is 9.42. The van der Waals surface area contributed by atoms with E-state index in [9.17, 15) is 9.18 Å². The molecule has 1 saturated heterocycles. The van der Waals surface area contributed by atoms with E-state index in [1.807, 2.05) is 23.7 Å². The summed E-state index contributed by atoms with van der Waals surface area (Å²) >= 11 is 1.56. The van der Waals surface area contributed by atoms with Gasteiger partial charge in [0.2, 0.25) is 5.52 Å². The second kappa shape index (κ2) is 10.4. The molecule has 0 amide bonds. The fraction of sp³-hybridized carbons (Fsp3) is 0.357. The quantitative estimate of drug-likeness (QED) is 0.315. The van der Waals surface area contributed by atoms with Gasteiger partial charge in [-0.15, -0.1) is 16.3 Å². The average molecular weight is 517 g/mol. The van der Waals surface area contributed by atoms with Crippen LogP contribution in [-0.4, -0.2) is 44.6 Å². The Labute approximate surface area is 219 Å². The van der Waals surface area contributed by atoms with Crippen LogP contribution in [0, 0.1) is 12.4 Å². The molecule has 1 unspecified atom stereocenters. The smallest absolute Gasteiger partial charge is 0.270 e. The number of benzene rings is 1. The SMILES string of the molecule is [C-]#[N+]c1ccc2c(n1)c(N1C[C@@H](CC)N(C(c3ccc(F)cc3)c3cscn3)C[C@@H]1CC)cc(=O)n2C. The number of fused-ring (bicyclic) bond motifs is 1. The summed E-state index contributed by atoms with van der Waals surface area (Å²) in [7, 11) is 1.73. The fourth-order valence-corrected chi connectivity index (χ4v) is 5.99. The first kappa shape index (κ1) is 25.1. The van der Waals surface area contributed by atoms with Crippen molar-refractivity contribution in [2.24, 2.45) is 7.05 Å². The van der Waals surface area contributed by atoms with Crippen molar-refractivity contribution in [1.82, 2.24) is 19.4 Å². The summed E-state index contributed by atoms with van der Waals surface area (Å²) in [4.78, 5) is 30.5. The van der Waals surface area contributed by atoms with Crippen molar-refractivity contribution >= 4 is 33.9 Å². The molecule has 37 heavy (non-hydrogen) atoms. The van der Waals surface area contributed by atoms with Gasteiger partial charge < -0.3 is 14.3 Å². The molecular formula is C28H29FN6OS. The predicted molar refractivity (Wildman–Crippen MR) is 146 cm³/mol. The Balaban J connectivity index is 1.60. The third-order valence-electron chi connectivity index (χ3n) is 7.41. The van der Waals surface area contributed by atoms with E-state index in [1.165, 1.54) is 12.1 Å². The van der Waals surface area contributed by atoms with Crippen LogP contribution in [0.1, 0.15) is 44.0 Å². The van der Waals surface area contributed by atoms with Crippen molar-refractivity contribution in [2.45, 2.75) is 44.8 Å².